The number of aliphatic carboxylic acids is 1. The van der Waals surface area contributed by atoms with Gasteiger partial charge in [0.25, 0.3) is 0 Å². The topological polar surface area (TPSA) is 64.3 Å². The van der Waals surface area contributed by atoms with Gasteiger partial charge < -0.3 is 14.4 Å². The van der Waals surface area contributed by atoms with E-state index in [4.69, 9.17) is 38.0 Å². The van der Waals surface area contributed by atoms with Crippen LogP contribution in [0.2, 0.25) is 10.0 Å². The molecular weight excluding hydrogens is 399 g/mol. The number of fused-ring (bicyclic) bond motifs is 1. The minimum Gasteiger partial charge on any atom is -0.493 e. The Balaban J connectivity index is 1.94. The molecule has 1 heterocycles. The fourth-order valence-corrected chi connectivity index (χ4v) is 3.64. The first-order valence-corrected chi connectivity index (χ1v) is 9.93. The largest absolute Gasteiger partial charge is 0.493 e. The van der Waals surface area contributed by atoms with Gasteiger partial charge in [-0.25, -0.2) is 4.98 Å². The van der Waals surface area contributed by atoms with Crippen LogP contribution in [0.4, 0.5) is 0 Å². The lowest BCUT2D eigenvalue weighted by atomic mass is 10.2. The van der Waals surface area contributed by atoms with E-state index in [1.165, 1.54) is 0 Å². The summed E-state index contributed by atoms with van der Waals surface area (Å²) in [4.78, 5) is 15.5. The Morgan fingerprint density at radius 3 is 2.71 bits per heavy atom. The molecule has 0 aliphatic rings. The van der Waals surface area contributed by atoms with Crippen LogP contribution in [-0.4, -0.2) is 27.2 Å². The predicted octanol–water partition coefficient (Wildman–Crippen LogP) is 5.51. The summed E-state index contributed by atoms with van der Waals surface area (Å²) < 4.78 is 7.93. The summed E-state index contributed by atoms with van der Waals surface area (Å²) in [6.07, 6.45) is 1.34. The average molecular weight is 421 g/mol. The summed E-state index contributed by atoms with van der Waals surface area (Å²) in [6.45, 7) is 5.00. The smallest absolute Gasteiger partial charge is 0.303 e. The Morgan fingerprint density at radius 1 is 1.25 bits per heavy atom. The molecule has 3 aromatic rings. The number of rotatable bonds is 8. The summed E-state index contributed by atoms with van der Waals surface area (Å²) in [5.41, 5.74) is 3.88. The third kappa shape index (κ3) is 4.59. The SMILES string of the molecule is CCc1nc2c(C)cc(OCCCC(=O)O)cc2n1Cc1ccc(Cl)cc1Cl. The quantitative estimate of drug-likeness (QED) is 0.488. The van der Waals surface area contributed by atoms with Crippen molar-refractivity contribution in [1.82, 2.24) is 9.55 Å². The summed E-state index contributed by atoms with van der Waals surface area (Å²) >= 11 is 12.4. The van der Waals surface area contributed by atoms with Crippen LogP contribution in [0.15, 0.2) is 30.3 Å². The zero-order chi connectivity index (χ0) is 20.3. The van der Waals surface area contributed by atoms with E-state index in [2.05, 4.69) is 11.5 Å². The molecule has 0 amide bonds. The molecule has 28 heavy (non-hydrogen) atoms. The first-order valence-electron chi connectivity index (χ1n) is 9.17. The van der Waals surface area contributed by atoms with Crippen LogP contribution in [-0.2, 0) is 17.8 Å². The van der Waals surface area contributed by atoms with Crippen molar-refractivity contribution in [2.45, 2.75) is 39.7 Å². The number of carbonyl (C=O) groups is 1. The highest BCUT2D eigenvalue weighted by Crippen LogP contribution is 2.29. The zero-order valence-electron chi connectivity index (χ0n) is 15.8. The second-order valence-electron chi connectivity index (χ2n) is 6.66. The van der Waals surface area contributed by atoms with Crippen LogP contribution in [0.25, 0.3) is 11.0 Å². The third-order valence-corrected chi connectivity index (χ3v) is 5.15. The predicted molar refractivity (Wildman–Crippen MR) is 112 cm³/mol. The molecule has 2 aromatic carbocycles. The standard InChI is InChI=1S/C21H22Cl2N2O3/c1-3-19-24-21-13(2)9-16(28-8-4-5-20(26)27)11-18(21)25(19)12-14-6-7-15(22)10-17(14)23/h6-7,9-11H,3-5,8,12H2,1-2H3,(H,26,27). The maximum Gasteiger partial charge on any atom is 0.303 e. The van der Waals surface area contributed by atoms with Crippen LogP contribution in [0.3, 0.4) is 0 Å². The fourth-order valence-electron chi connectivity index (χ4n) is 3.17. The molecule has 0 fully saturated rings. The van der Waals surface area contributed by atoms with E-state index in [9.17, 15) is 4.79 Å². The number of ether oxygens (including phenoxy) is 1. The van der Waals surface area contributed by atoms with Gasteiger partial charge in [0, 0.05) is 29.0 Å². The summed E-state index contributed by atoms with van der Waals surface area (Å²) in [7, 11) is 0. The molecule has 0 spiro atoms. The Kier molecular flexibility index (Phi) is 6.47. The number of benzene rings is 2. The Morgan fingerprint density at radius 2 is 2.04 bits per heavy atom. The minimum atomic E-state index is -0.819. The molecule has 0 unspecified atom stereocenters. The van der Waals surface area contributed by atoms with Crippen molar-refractivity contribution in [2.24, 2.45) is 0 Å². The van der Waals surface area contributed by atoms with E-state index in [0.717, 1.165) is 34.4 Å². The van der Waals surface area contributed by atoms with E-state index >= 15 is 0 Å². The molecule has 0 aliphatic heterocycles. The highest BCUT2D eigenvalue weighted by atomic mass is 35.5. The van der Waals surface area contributed by atoms with Crippen molar-refractivity contribution in [3.05, 3.63) is 57.3 Å². The minimum absolute atomic E-state index is 0.0915. The van der Waals surface area contributed by atoms with Crippen molar-refractivity contribution in [1.29, 1.82) is 0 Å². The molecule has 0 saturated heterocycles. The van der Waals surface area contributed by atoms with Crippen LogP contribution in [0.1, 0.15) is 36.7 Å². The third-order valence-electron chi connectivity index (χ3n) is 4.56. The first kappa shape index (κ1) is 20.5. The number of halogens is 2. The molecule has 0 radical (unpaired) electrons. The van der Waals surface area contributed by atoms with Crippen molar-refractivity contribution in [3.8, 4) is 5.75 Å². The lowest BCUT2D eigenvalue weighted by Gasteiger charge is -2.12. The van der Waals surface area contributed by atoms with E-state index in [1.807, 2.05) is 31.2 Å². The number of hydrogen-bond acceptors (Lipinski definition) is 3. The number of aromatic nitrogens is 2. The van der Waals surface area contributed by atoms with E-state index in [0.29, 0.717) is 35.4 Å². The molecular formula is C21H22Cl2N2O3. The molecule has 0 bridgehead atoms. The second kappa shape index (κ2) is 8.84. The van der Waals surface area contributed by atoms with E-state index < -0.39 is 5.97 Å². The number of carboxylic acid groups (broad SMARTS) is 1. The molecule has 1 N–H and O–H groups in total. The molecule has 7 heteroatoms. The Labute approximate surface area is 173 Å². The number of imidazole rings is 1. The van der Waals surface area contributed by atoms with Crippen molar-refractivity contribution in [2.75, 3.05) is 6.61 Å². The second-order valence-corrected chi connectivity index (χ2v) is 7.50. The molecule has 3 rings (SSSR count). The van der Waals surface area contributed by atoms with Gasteiger partial charge in [0.1, 0.15) is 11.6 Å². The maximum atomic E-state index is 10.7. The lowest BCUT2D eigenvalue weighted by molar-refractivity contribution is -0.137. The van der Waals surface area contributed by atoms with Crippen molar-refractivity contribution >= 4 is 40.2 Å². The normalized spacial score (nSPS) is 11.1. The van der Waals surface area contributed by atoms with Gasteiger partial charge in [-0.1, -0.05) is 36.2 Å². The molecule has 0 saturated carbocycles. The average Bonchev–Trinajstić information content (AvgIpc) is 2.99. The summed E-state index contributed by atoms with van der Waals surface area (Å²) in [5, 5.41) is 9.98. The zero-order valence-corrected chi connectivity index (χ0v) is 17.3. The molecule has 0 atom stereocenters. The Hall–Kier alpha value is -2.24. The van der Waals surface area contributed by atoms with Crippen LogP contribution >= 0.6 is 23.2 Å². The van der Waals surface area contributed by atoms with Gasteiger partial charge in [-0.2, -0.15) is 0 Å². The lowest BCUT2D eigenvalue weighted by Crippen LogP contribution is -2.05. The van der Waals surface area contributed by atoms with E-state index in [-0.39, 0.29) is 6.42 Å². The number of nitrogens with zero attached hydrogens (tertiary/aromatic N) is 2. The van der Waals surface area contributed by atoms with Gasteiger partial charge in [-0.15, -0.1) is 0 Å². The summed E-state index contributed by atoms with van der Waals surface area (Å²) in [5.74, 6) is 0.856. The highest BCUT2D eigenvalue weighted by Gasteiger charge is 2.15. The Bertz CT molecular complexity index is 1010. The van der Waals surface area contributed by atoms with E-state index in [1.54, 1.807) is 6.07 Å². The van der Waals surface area contributed by atoms with Gasteiger partial charge in [0.2, 0.25) is 0 Å². The molecule has 5 nitrogen and oxygen atoms in total. The van der Waals surface area contributed by atoms with Gasteiger partial charge in [-0.3, -0.25) is 4.79 Å². The number of aryl methyl sites for hydroxylation is 2. The maximum absolute atomic E-state index is 10.7. The number of carboxylic acids is 1. The van der Waals surface area contributed by atoms with Gasteiger partial charge in [-0.05, 0) is 42.7 Å². The number of hydrogen-bond donors (Lipinski definition) is 1. The monoisotopic (exact) mass is 420 g/mol. The van der Waals surface area contributed by atoms with Crippen molar-refractivity contribution < 1.29 is 14.6 Å². The van der Waals surface area contributed by atoms with Gasteiger partial charge in [0.15, 0.2) is 0 Å². The summed E-state index contributed by atoms with van der Waals surface area (Å²) in [6, 6.07) is 9.39. The van der Waals surface area contributed by atoms with Gasteiger partial charge in [0.05, 0.1) is 24.2 Å². The van der Waals surface area contributed by atoms with Crippen LogP contribution < -0.4 is 4.74 Å². The molecule has 0 aliphatic carbocycles. The van der Waals surface area contributed by atoms with Crippen LogP contribution in [0, 0.1) is 6.92 Å². The van der Waals surface area contributed by atoms with Crippen LogP contribution in [0.5, 0.6) is 5.75 Å². The fraction of sp³-hybridized carbons (Fsp3) is 0.333. The van der Waals surface area contributed by atoms with Gasteiger partial charge >= 0.3 is 5.97 Å². The first-order chi connectivity index (χ1) is 13.4. The molecule has 148 valence electrons. The molecule has 1 aromatic heterocycles. The highest BCUT2D eigenvalue weighted by molar-refractivity contribution is 6.35. The van der Waals surface area contributed by atoms with Crippen molar-refractivity contribution in [3.63, 3.8) is 0 Å².